The minimum Gasteiger partial charge on any atom is -0.398 e. The lowest BCUT2D eigenvalue weighted by Crippen LogP contribution is -2.46. The van der Waals surface area contributed by atoms with Gasteiger partial charge in [-0.2, -0.15) is 0 Å². The molecule has 3 aromatic heterocycles. The van der Waals surface area contributed by atoms with Crippen LogP contribution >= 0.6 is 0 Å². The van der Waals surface area contributed by atoms with Crippen LogP contribution in [0.5, 0.6) is 0 Å². The molecule has 4 aliphatic rings. The zero-order chi connectivity index (χ0) is 46.2. The molecule has 0 aliphatic heterocycles. The molecule has 64 heavy (non-hydrogen) atoms. The molecule has 4 fully saturated rings. The van der Waals surface area contributed by atoms with Crippen molar-refractivity contribution in [3.63, 3.8) is 0 Å². The highest BCUT2D eigenvalue weighted by Crippen LogP contribution is 2.61. The predicted molar refractivity (Wildman–Crippen MR) is 250 cm³/mol. The number of aryl methyl sites for hydroxylation is 1. The van der Waals surface area contributed by atoms with E-state index in [1.807, 2.05) is 31.2 Å². The Morgan fingerprint density at radius 2 is 0.953 bits per heavy atom. The van der Waals surface area contributed by atoms with Gasteiger partial charge >= 0.3 is 0 Å². The summed E-state index contributed by atoms with van der Waals surface area (Å²) in [4.78, 5) is 84.1. The van der Waals surface area contributed by atoms with E-state index in [1.54, 1.807) is 81.7 Å². The average Bonchev–Trinajstić information content (AvgIpc) is 3.25. The number of nitrogen functional groups attached to an aromatic ring is 1. The first-order valence-corrected chi connectivity index (χ1v) is 21.9. The molecule has 3 atom stereocenters. The molecule has 14 heteroatoms. The number of rotatable bonds is 10. The second-order valence-corrected chi connectivity index (χ2v) is 18.3. The Bertz CT molecular complexity index is 2850. The fraction of sp³-hybridized carbons (Fsp3) is 0.380. The standard InChI is InChI=1S/C25H30N2O3.C13H14N2O2.C12H13N3O2/c1-15(23(26)29)27-8-6-19-20(3-2-4-21(19)24(27)30)22(28)5-7-25-12-16-9-17(13-25)11-18(10-16)14-25;1-8-4-3-5-11-10(8)6-7-15(13(11)17)9(2)12(14)16;1-7(11(14)16)15-6-5-8-9(12(15)17)3-2-4-10(8)13/h2-4,6,8,15-18H,5,7,9-14H2,1H3,(H2,26,29);3-7,9H,1-2H3,(H2,14,16);2-7H,13H2,1H3,(H2,14,16)/t15-,16?,17?,18?,25?;9-;7-/m111/s1. The van der Waals surface area contributed by atoms with Crippen molar-refractivity contribution in [3.8, 4) is 0 Å². The van der Waals surface area contributed by atoms with Crippen LogP contribution in [0.15, 0.2) is 106 Å². The van der Waals surface area contributed by atoms with Crippen LogP contribution in [-0.2, 0) is 14.4 Å². The van der Waals surface area contributed by atoms with Gasteiger partial charge in [0.05, 0.1) is 0 Å². The van der Waals surface area contributed by atoms with Gasteiger partial charge in [0.15, 0.2) is 5.78 Å². The molecule has 4 aliphatic carbocycles. The van der Waals surface area contributed by atoms with Crippen molar-refractivity contribution >= 4 is 61.5 Å². The number of ketones is 1. The van der Waals surface area contributed by atoms with Crippen LogP contribution in [0.25, 0.3) is 32.3 Å². The van der Waals surface area contributed by atoms with E-state index in [4.69, 9.17) is 22.9 Å². The number of hydrogen-bond donors (Lipinski definition) is 4. The van der Waals surface area contributed by atoms with Gasteiger partial charge in [0, 0.05) is 57.8 Å². The number of amides is 3. The molecular formula is C50H57N7O7. The number of Topliss-reactive ketones (excluding diaryl/α,β-unsaturated/α-hetero) is 1. The molecule has 6 aromatic rings. The highest BCUT2D eigenvalue weighted by atomic mass is 16.2. The van der Waals surface area contributed by atoms with Gasteiger partial charge in [-0.05, 0) is 155 Å². The third-order valence-electron chi connectivity index (χ3n) is 14.0. The number of benzene rings is 3. The van der Waals surface area contributed by atoms with E-state index in [0.717, 1.165) is 35.1 Å². The first-order valence-electron chi connectivity index (χ1n) is 21.9. The molecule has 0 unspecified atom stereocenters. The summed E-state index contributed by atoms with van der Waals surface area (Å²) in [5.41, 5.74) is 23.4. The molecule has 0 radical (unpaired) electrons. The van der Waals surface area contributed by atoms with Gasteiger partial charge in [0.1, 0.15) is 18.1 Å². The number of anilines is 1. The fourth-order valence-corrected chi connectivity index (χ4v) is 10.7. The Kier molecular flexibility index (Phi) is 12.8. The van der Waals surface area contributed by atoms with Gasteiger partial charge in [-0.25, -0.2) is 0 Å². The molecule has 4 saturated carbocycles. The summed E-state index contributed by atoms with van der Waals surface area (Å²) in [5.74, 6) is 1.16. The maximum atomic E-state index is 13.2. The lowest BCUT2D eigenvalue weighted by Gasteiger charge is -2.57. The second-order valence-electron chi connectivity index (χ2n) is 18.3. The largest absolute Gasteiger partial charge is 0.398 e. The number of carbonyl (C=O) groups is 4. The normalized spacial score (nSPS) is 21.0. The third kappa shape index (κ3) is 8.86. The molecule has 4 bridgehead atoms. The number of fused-ring (bicyclic) bond motifs is 3. The first-order chi connectivity index (χ1) is 30.4. The van der Waals surface area contributed by atoms with Crippen LogP contribution in [0, 0.1) is 30.1 Å². The second kappa shape index (κ2) is 18.1. The monoisotopic (exact) mass is 867 g/mol. The molecule has 3 amide bonds. The minimum atomic E-state index is -0.725. The van der Waals surface area contributed by atoms with E-state index in [1.165, 1.54) is 58.4 Å². The van der Waals surface area contributed by atoms with Crippen LogP contribution in [0.3, 0.4) is 0 Å². The van der Waals surface area contributed by atoms with Crippen molar-refractivity contribution in [1.29, 1.82) is 0 Å². The lowest BCUT2D eigenvalue weighted by atomic mass is 9.48. The third-order valence-corrected chi connectivity index (χ3v) is 14.0. The van der Waals surface area contributed by atoms with Crippen LogP contribution in [0.2, 0.25) is 0 Å². The Hall–Kier alpha value is -6.83. The molecule has 0 saturated heterocycles. The van der Waals surface area contributed by atoms with E-state index in [9.17, 15) is 33.6 Å². The Morgan fingerprint density at radius 3 is 1.42 bits per heavy atom. The number of aromatic nitrogens is 3. The van der Waals surface area contributed by atoms with Crippen molar-refractivity contribution in [3.05, 3.63) is 134 Å². The Labute approximate surface area is 370 Å². The smallest absolute Gasteiger partial charge is 0.259 e. The number of nitrogens with two attached hydrogens (primary N) is 4. The van der Waals surface area contributed by atoms with Crippen LogP contribution in [0.1, 0.15) is 106 Å². The van der Waals surface area contributed by atoms with Crippen molar-refractivity contribution in [2.45, 2.75) is 97.2 Å². The highest BCUT2D eigenvalue weighted by Gasteiger charge is 2.50. The number of carbonyl (C=O) groups excluding carboxylic acids is 4. The maximum absolute atomic E-state index is 13.2. The number of primary amides is 3. The van der Waals surface area contributed by atoms with Crippen LogP contribution < -0.4 is 39.6 Å². The van der Waals surface area contributed by atoms with E-state index < -0.39 is 35.8 Å². The molecule has 334 valence electrons. The summed E-state index contributed by atoms with van der Waals surface area (Å²) < 4.78 is 4.02. The molecular weight excluding hydrogens is 811 g/mol. The topological polar surface area (TPSA) is 238 Å². The summed E-state index contributed by atoms with van der Waals surface area (Å²) in [6, 6.07) is 19.3. The molecule has 3 heterocycles. The zero-order valence-electron chi connectivity index (χ0n) is 36.8. The minimum absolute atomic E-state index is 0.122. The van der Waals surface area contributed by atoms with Crippen LogP contribution in [-0.4, -0.2) is 37.2 Å². The molecule has 14 nitrogen and oxygen atoms in total. The van der Waals surface area contributed by atoms with E-state index in [0.29, 0.717) is 50.0 Å². The maximum Gasteiger partial charge on any atom is 0.259 e. The van der Waals surface area contributed by atoms with Gasteiger partial charge in [-0.15, -0.1) is 0 Å². The van der Waals surface area contributed by atoms with Gasteiger partial charge in [-0.1, -0.05) is 30.3 Å². The number of pyridine rings is 3. The van der Waals surface area contributed by atoms with Crippen molar-refractivity contribution in [1.82, 2.24) is 13.7 Å². The molecule has 10 rings (SSSR count). The Morgan fingerprint density at radius 1 is 0.562 bits per heavy atom. The van der Waals surface area contributed by atoms with Crippen LogP contribution in [0.4, 0.5) is 5.69 Å². The first kappa shape index (κ1) is 45.2. The van der Waals surface area contributed by atoms with Gasteiger partial charge in [0.2, 0.25) is 17.7 Å². The van der Waals surface area contributed by atoms with Gasteiger partial charge in [-0.3, -0.25) is 33.6 Å². The summed E-state index contributed by atoms with van der Waals surface area (Å²) in [5, 5.41) is 3.83. The fourth-order valence-electron chi connectivity index (χ4n) is 10.7. The summed E-state index contributed by atoms with van der Waals surface area (Å²) >= 11 is 0. The Balaban J connectivity index is 0.000000155. The molecule has 8 N–H and O–H groups in total. The highest BCUT2D eigenvalue weighted by molar-refractivity contribution is 6.08. The zero-order valence-corrected chi connectivity index (χ0v) is 36.8. The molecule has 3 aromatic carbocycles. The number of nitrogens with zero attached hydrogens (tertiary/aromatic N) is 3. The summed E-state index contributed by atoms with van der Waals surface area (Å²) in [6.07, 6.45) is 14.4. The van der Waals surface area contributed by atoms with Gasteiger partial charge in [0.25, 0.3) is 16.7 Å². The van der Waals surface area contributed by atoms with E-state index in [2.05, 4.69) is 0 Å². The van der Waals surface area contributed by atoms with Crippen molar-refractivity contribution in [2.24, 2.45) is 40.4 Å². The quantitative estimate of drug-likeness (QED) is 0.0909. The lowest BCUT2D eigenvalue weighted by molar-refractivity contribution is -0.121. The SMILES string of the molecule is C[C@H](C(N)=O)n1ccc2c(C(=O)CCC34CC5CC(CC(C5)C3)C4)cccc2c1=O.C[C@H](C(N)=O)n1ccc2c(N)cccc2c1=O.Cc1cccc2c(=O)n([C@H](C)C(N)=O)ccc12. The van der Waals surface area contributed by atoms with Crippen molar-refractivity contribution in [2.75, 3.05) is 5.73 Å². The summed E-state index contributed by atoms with van der Waals surface area (Å²) in [7, 11) is 0. The van der Waals surface area contributed by atoms with Gasteiger partial charge < -0.3 is 36.6 Å². The van der Waals surface area contributed by atoms with E-state index >= 15 is 0 Å². The predicted octanol–water partition coefficient (Wildman–Crippen LogP) is 6.21. The summed E-state index contributed by atoms with van der Waals surface area (Å²) in [6.45, 7) is 6.76. The van der Waals surface area contributed by atoms with E-state index in [-0.39, 0.29) is 22.5 Å². The number of hydrogen-bond acceptors (Lipinski definition) is 8. The molecule has 0 spiro atoms. The average molecular weight is 868 g/mol. The van der Waals surface area contributed by atoms with Crippen molar-refractivity contribution < 1.29 is 19.2 Å².